The molecule has 1 aliphatic rings. The topological polar surface area (TPSA) is 58.4 Å². The summed E-state index contributed by atoms with van der Waals surface area (Å²) in [5.41, 5.74) is 5.86. The lowest BCUT2D eigenvalue weighted by molar-refractivity contribution is -0.120. The van der Waals surface area contributed by atoms with Crippen LogP contribution >= 0.6 is 0 Å². The number of hydrogen-bond donors (Lipinski definition) is 2. The Bertz CT molecular complexity index is 172. The smallest absolute Gasteiger partial charge is 0.217 e. The number of amides is 1. The van der Waals surface area contributed by atoms with Gasteiger partial charge in [-0.2, -0.15) is 0 Å². The maximum atomic E-state index is 10.8. The molecule has 0 aromatic carbocycles. The van der Waals surface area contributed by atoms with E-state index < -0.39 is 0 Å². The van der Waals surface area contributed by atoms with Crippen molar-refractivity contribution in [2.75, 3.05) is 20.1 Å². The molecule has 0 saturated carbocycles. The molecule has 1 fully saturated rings. The van der Waals surface area contributed by atoms with Gasteiger partial charge in [-0.1, -0.05) is 0 Å². The number of carbonyl (C=O) groups excluding carboxylic acids is 1. The van der Waals surface area contributed by atoms with Crippen LogP contribution in [-0.4, -0.2) is 43.0 Å². The fourth-order valence-corrected chi connectivity index (χ4v) is 1.59. The van der Waals surface area contributed by atoms with Gasteiger partial charge in [0, 0.05) is 25.6 Å². The van der Waals surface area contributed by atoms with Gasteiger partial charge in [0.15, 0.2) is 0 Å². The van der Waals surface area contributed by atoms with E-state index in [0.717, 1.165) is 19.5 Å². The molecule has 0 spiro atoms. The SMILES string of the molecule is CC(=O)NC1CCN(C)CC1N. The Kier molecular flexibility index (Phi) is 3.05. The lowest BCUT2D eigenvalue weighted by atomic mass is 10.0. The summed E-state index contributed by atoms with van der Waals surface area (Å²) < 4.78 is 0. The molecule has 3 N–H and O–H groups in total. The Hall–Kier alpha value is -0.610. The van der Waals surface area contributed by atoms with Gasteiger partial charge in [0.05, 0.1) is 0 Å². The van der Waals surface area contributed by atoms with Gasteiger partial charge in [-0.25, -0.2) is 0 Å². The highest BCUT2D eigenvalue weighted by atomic mass is 16.1. The summed E-state index contributed by atoms with van der Waals surface area (Å²) >= 11 is 0. The first-order chi connectivity index (χ1) is 5.59. The number of likely N-dealkylation sites (N-methyl/N-ethyl adjacent to an activating group) is 1. The lowest BCUT2D eigenvalue weighted by Gasteiger charge is -2.34. The van der Waals surface area contributed by atoms with Crippen LogP contribution in [0.1, 0.15) is 13.3 Å². The van der Waals surface area contributed by atoms with Crippen molar-refractivity contribution in [3.05, 3.63) is 0 Å². The summed E-state index contributed by atoms with van der Waals surface area (Å²) in [6.07, 6.45) is 0.956. The van der Waals surface area contributed by atoms with E-state index in [9.17, 15) is 4.79 Å². The van der Waals surface area contributed by atoms with Crippen LogP contribution in [0.3, 0.4) is 0 Å². The average molecular weight is 171 g/mol. The Morgan fingerprint density at radius 2 is 2.33 bits per heavy atom. The van der Waals surface area contributed by atoms with Gasteiger partial charge in [0.25, 0.3) is 0 Å². The second kappa shape index (κ2) is 3.87. The molecule has 12 heavy (non-hydrogen) atoms. The van der Waals surface area contributed by atoms with Crippen molar-refractivity contribution in [3.8, 4) is 0 Å². The van der Waals surface area contributed by atoms with Crippen molar-refractivity contribution >= 4 is 5.91 Å². The second-order valence-corrected chi connectivity index (χ2v) is 3.52. The third-order valence-electron chi connectivity index (χ3n) is 2.25. The fourth-order valence-electron chi connectivity index (χ4n) is 1.59. The standard InChI is InChI=1S/C8H17N3O/c1-6(12)10-8-3-4-11(2)5-7(8)9/h7-8H,3-5,9H2,1-2H3,(H,10,12). The van der Waals surface area contributed by atoms with E-state index in [1.54, 1.807) is 0 Å². The molecule has 0 aromatic rings. The molecule has 1 amide bonds. The largest absolute Gasteiger partial charge is 0.352 e. The van der Waals surface area contributed by atoms with Crippen molar-refractivity contribution in [1.82, 2.24) is 10.2 Å². The number of rotatable bonds is 1. The van der Waals surface area contributed by atoms with Crippen LogP contribution in [0, 0.1) is 0 Å². The molecule has 4 nitrogen and oxygen atoms in total. The second-order valence-electron chi connectivity index (χ2n) is 3.52. The van der Waals surface area contributed by atoms with Crippen LogP contribution in [0.2, 0.25) is 0 Å². The molecule has 0 radical (unpaired) electrons. The summed E-state index contributed by atoms with van der Waals surface area (Å²) in [5.74, 6) is 0.0139. The zero-order valence-electron chi connectivity index (χ0n) is 7.71. The Labute approximate surface area is 73.1 Å². The quantitative estimate of drug-likeness (QED) is 0.540. The minimum Gasteiger partial charge on any atom is -0.352 e. The first kappa shape index (κ1) is 9.48. The van der Waals surface area contributed by atoms with E-state index in [1.807, 2.05) is 7.05 Å². The van der Waals surface area contributed by atoms with Gasteiger partial charge in [0.2, 0.25) is 5.91 Å². The maximum Gasteiger partial charge on any atom is 0.217 e. The Morgan fingerprint density at radius 1 is 1.67 bits per heavy atom. The Balaban J connectivity index is 2.39. The van der Waals surface area contributed by atoms with Crippen molar-refractivity contribution in [2.45, 2.75) is 25.4 Å². The van der Waals surface area contributed by atoms with Crippen molar-refractivity contribution in [2.24, 2.45) is 5.73 Å². The number of nitrogens with zero attached hydrogens (tertiary/aromatic N) is 1. The van der Waals surface area contributed by atoms with E-state index in [4.69, 9.17) is 5.73 Å². The van der Waals surface area contributed by atoms with Gasteiger partial charge >= 0.3 is 0 Å². The number of nitrogens with two attached hydrogens (primary N) is 1. The summed E-state index contributed by atoms with van der Waals surface area (Å²) in [7, 11) is 2.05. The monoisotopic (exact) mass is 171 g/mol. The van der Waals surface area contributed by atoms with Gasteiger partial charge in [-0.15, -0.1) is 0 Å². The van der Waals surface area contributed by atoms with Crippen LogP contribution in [0.25, 0.3) is 0 Å². The highest BCUT2D eigenvalue weighted by molar-refractivity contribution is 5.73. The van der Waals surface area contributed by atoms with E-state index in [-0.39, 0.29) is 18.0 Å². The maximum absolute atomic E-state index is 10.8. The number of hydrogen-bond acceptors (Lipinski definition) is 3. The van der Waals surface area contributed by atoms with E-state index >= 15 is 0 Å². The molecule has 0 aromatic heterocycles. The van der Waals surface area contributed by atoms with Gasteiger partial charge in [-0.05, 0) is 20.0 Å². The fraction of sp³-hybridized carbons (Fsp3) is 0.875. The highest BCUT2D eigenvalue weighted by Crippen LogP contribution is 2.06. The third kappa shape index (κ3) is 2.46. The van der Waals surface area contributed by atoms with Crippen LogP contribution in [0.4, 0.5) is 0 Å². The molecule has 1 saturated heterocycles. The van der Waals surface area contributed by atoms with E-state index in [1.165, 1.54) is 6.92 Å². The molecule has 1 heterocycles. The first-order valence-electron chi connectivity index (χ1n) is 4.31. The third-order valence-corrected chi connectivity index (χ3v) is 2.25. The number of likely N-dealkylation sites (tertiary alicyclic amines) is 1. The minimum atomic E-state index is 0.0139. The minimum absolute atomic E-state index is 0.0139. The predicted molar refractivity (Wildman–Crippen MR) is 47.7 cm³/mol. The number of piperidine rings is 1. The Morgan fingerprint density at radius 3 is 2.83 bits per heavy atom. The molecule has 0 bridgehead atoms. The molecular weight excluding hydrogens is 154 g/mol. The normalized spacial score (nSPS) is 31.6. The van der Waals surface area contributed by atoms with Crippen LogP contribution in [0.5, 0.6) is 0 Å². The van der Waals surface area contributed by atoms with E-state index in [0.29, 0.717) is 0 Å². The van der Waals surface area contributed by atoms with E-state index in [2.05, 4.69) is 10.2 Å². The molecule has 70 valence electrons. The predicted octanol–water partition coefficient (Wildman–Crippen LogP) is -0.846. The molecule has 4 heteroatoms. The van der Waals surface area contributed by atoms with Gasteiger partial charge in [-0.3, -0.25) is 4.79 Å². The molecule has 2 unspecified atom stereocenters. The summed E-state index contributed by atoms with van der Waals surface area (Å²) in [6, 6.07) is 0.242. The lowest BCUT2D eigenvalue weighted by Crippen LogP contribution is -2.56. The van der Waals surface area contributed by atoms with Crippen LogP contribution in [0.15, 0.2) is 0 Å². The molecular formula is C8H17N3O. The highest BCUT2D eigenvalue weighted by Gasteiger charge is 2.24. The average Bonchev–Trinajstić information content (AvgIpc) is 1.94. The zero-order valence-corrected chi connectivity index (χ0v) is 7.71. The van der Waals surface area contributed by atoms with Gasteiger partial charge in [0.1, 0.15) is 0 Å². The summed E-state index contributed by atoms with van der Waals surface area (Å²) in [6.45, 7) is 3.41. The first-order valence-corrected chi connectivity index (χ1v) is 4.31. The molecule has 2 atom stereocenters. The van der Waals surface area contributed by atoms with Crippen LogP contribution < -0.4 is 11.1 Å². The molecule has 1 rings (SSSR count). The van der Waals surface area contributed by atoms with Crippen molar-refractivity contribution in [3.63, 3.8) is 0 Å². The summed E-state index contributed by atoms with van der Waals surface area (Å²) in [5, 5.41) is 2.86. The molecule has 1 aliphatic heterocycles. The summed E-state index contributed by atoms with van der Waals surface area (Å²) in [4.78, 5) is 12.9. The van der Waals surface area contributed by atoms with Crippen molar-refractivity contribution in [1.29, 1.82) is 0 Å². The van der Waals surface area contributed by atoms with Gasteiger partial charge < -0.3 is 16.0 Å². The zero-order chi connectivity index (χ0) is 9.14. The number of carbonyl (C=O) groups is 1. The van der Waals surface area contributed by atoms with Crippen LogP contribution in [-0.2, 0) is 4.79 Å². The van der Waals surface area contributed by atoms with Crippen molar-refractivity contribution < 1.29 is 4.79 Å². The molecule has 0 aliphatic carbocycles. The number of nitrogens with one attached hydrogen (secondary N) is 1.